The van der Waals surface area contributed by atoms with E-state index in [4.69, 9.17) is 11.6 Å². The van der Waals surface area contributed by atoms with Gasteiger partial charge in [-0.1, -0.05) is 11.6 Å². The molecule has 1 N–H and O–H groups in total. The van der Waals surface area contributed by atoms with E-state index in [-0.39, 0.29) is 6.03 Å². The molecule has 1 aliphatic heterocycles. The Morgan fingerprint density at radius 2 is 1.81 bits per heavy atom. The van der Waals surface area contributed by atoms with Gasteiger partial charge in [-0.15, -0.1) is 0 Å². The van der Waals surface area contributed by atoms with Crippen LogP contribution in [0.15, 0.2) is 30.3 Å². The lowest BCUT2D eigenvalue weighted by Crippen LogP contribution is -2.49. The summed E-state index contributed by atoms with van der Waals surface area (Å²) in [5.74, 6) is -1.16. The van der Waals surface area contributed by atoms with E-state index in [1.165, 1.54) is 12.1 Å². The van der Waals surface area contributed by atoms with Crippen LogP contribution in [0.4, 0.5) is 19.3 Å². The lowest BCUT2D eigenvalue weighted by molar-refractivity contribution is 0.143. The highest BCUT2D eigenvalue weighted by molar-refractivity contribution is 6.29. The second kappa shape index (κ2) is 7.97. The minimum Gasteiger partial charge on any atom is -0.322 e. The number of rotatable bonds is 3. The lowest BCUT2D eigenvalue weighted by Gasteiger charge is -2.34. The first-order valence-electron chi connectivity index (χ1n) is 8.27. The van der Waals surface area contributed by atoms with Crippen molar-refractivity contribution in [3.63, 3.8) is 0 Å². The summed E-state index contributed by atoms with van der Waals surface area (Å²) < 4.78 is 26.6. The quantitative estimate of drug-likeness (QED) is 0.826. The normalized spacial score (nSPS) is 15.2. The van der Waals surface area contributed by atoms with Crippen molar-refractivity contribution < 1.29 is 13.6 Å². The number of carbonyl (C=O) groups is 1. The molecule has 2 heterocycles. The third kappa shape index (κ3) is 4.68. The predicted molar refractivity (Wildman–Crippen MR) is 96.2 cm³/mol. The molecule has 0 aliphatic carbocycles. The number of hydrogen-bond acceptors (Lipinski definition) is 3. The molecule has 1 aromatic carbocycles. The number of anilines is 1. The molecular formula is C18H19ClF2N4O. The van der Waals surface area contributed by atoms with Gasteiger partial charge in [0.2, 0.25) is 0 Å². The van der Waals surface area contributed by atoms with Gasteiger partial charge in [0.25, 0.3) is 0 Å². The van der Waals surface area contributed by atoms with Crippen molar-refractivity contribution in [1.82, 2.24) is 14.8 Å². The fraction of sp³-hybridized carbons (Fsp3) is 0.333. The van der Waals surface area contributed by atoms with Gasteiger partial charge in [-0.25, -0.2) is 18.6 Å². The predicted octanol–water partition coefficient (Wildman–Crippen LogP) is 3.67. The summed E-state index contributed by atoms with van der Waals surface area (Å²) in [6.07, 6.45) is 0. The molecule has 2 amide bonds. The molecule has 0 saturated carbocycles. The van der Waals surface area contributed by atoms with Crippen LogP contribution >= 0.6 is 11.6 Å². The molecular weight excluding hydrogens is 362 g/mol. The van der Waals surface area contributed by atoms with Gasteiger partial charge in [0, 0.05) is 38.8 Å². The van der Waals surface area contributed by atoms with Crippen molar-refractivity contribution in [1.29, 1.82) is 0 Å². The number of piperazine rings is 1. The van der Waals surface area contributed by atoms with Crippen LogP contribution in [0.1, 0.15) is 11.3 Å². The molecule has 26 heavy (non-hydrogen) atoms. The highest BCUT2D eigenvalue weighted by Crippen LogP contribution is 2.17. The van der Waals surface area contributed by atoms with Crippen LogP contribution in [0.5, 0.6) is 0 Å². The molecule has 1 fully saturated rings. The zero-order valence-electron chi connectivity index (χ0n) is 14.3. The van der Waals surface area contributed by atoms with Gasteiger partial charge >= 0.3 is 6.03 Å². The topological polar surface area (TPSA) is 48.5 Å². The van der Waals surface area contributed by atoms with E-state index in [1.54, 1.807) is 24.0 Å². The van der Waals surface area contributed by atoms with E-state index in [9.17, 15) is 13.6 Å². The first-order chi connectivity index (χ1) is 12.4. The smallest absolute Gasteiger partial charge is 0.321 e. The van der Waals surface area contributed by atoms with Gasteiger partial charge < -0.3 is 10.2 Å². The molecule has 1 aliphatic rings. The number of pyridine rings is 1. The second-order valence-electron chi connectivity index (χ2n) is 6.24. The van der Waals surface area contributed by atoms with Crippen molar-refractivity contribution in [2.24, 2.45) is 0 Å². The number of halogens is 3. The van der Waals surface area contributed by atoms with Crippen molar-refractivity contribution >= 4 is 23.3 Å². The van der Waals surface area contributed by atoms with Gasteiger partial charge in [0.15, 0.2) is 0 Å². The molecule has 8 heteroatoms. The molecule has 0 radical (unpaired) electrons. The molecule has 138 valence electrons. The number of benzene rings is 1. The third-order valence-corrected chi connectivity index (χ3v) is 4.49. The fourth-order valence-electron chi connectivity index (χ4n) is 2.93. The average Bonchev–Trinajstić information content (AvgIpc) is 2.57. The number of aryl methyl sites for hydroxylation is 1. The Kier molecular flexibility index (Phi) is 5.68. The Morgan fingerprint density at radius 3 is 2.42 bits per heavy atom. The van der Waals surface area contributed by atoms with Crippen LogP contribution in [-0.4, -0.2) is 47.0 Å². The first-order valence-corrected chi connectivity index (χ1v) is 8.65. The Bertz CT molecular complexity index is 790. The number of aromatic nitrogens is 1. The molecule has 0 bridgehead atoms. The lowest BCUT2D eigenvalue weighted by atomic mass is 10.2. The summed E-state index contributed by atoms with van der Waals surface area (Å²) in [4.78, 5) is 20.3. The molecule has 0 spiro atoms. The molecule has 0 atom stereocenters. The highest BCUT2D eigenvalue weighted by atomic mass is 35.5. The van der Waals surface area contributed by atoms with Gasteiger partial charge in [0.1, 0.15) is 16.8 Å². The van der Waals surface area contributed by atoms with E-state index in [0.717, 1.165) is 6.07 Å². The zero-order valence-corrected chi connectivity index (χ0v) is 15.1. The number of nitrogens with zero attached hydrogens (tertiary/aromatic N) is 3. The van der Waals surface area contributed by atoms with Gasteiger partial charge in [-0.05, 0) is 36.8 Å². The maximum Gasteiger partial charge on any atom is 0.321 e. The monoisotopic (exact) mass is 380 g/mol. The van der Waals surface area contributed by atoms with Crippen molar-refractivity contribution in [3.8, 4) is 0 Å². The number of amides is 2. The van der Waals surface area contributed by atoms with E-state index < -0.39 is 11.6 Å². The van der Waals surface area contributed by atoms with Crippen molar-refractivity contribution in [2.45, 2.75) is 13.5 Å². The number of hydrogen-bond donors (Lipinski definition) is 1. The van der Waals surface area contributed by atoms with E-state index in [0.29, 0.717) is 54.8 Å². The molecule has 2 aromatic rings. The van der Waals surface area contributed by atoms with Gasteiger partial charge in [-0.2, -0.15) is 0 Å². The summed E-state index contributed by atoms with van der Waals surface area (Å²) in [6, 6.07) is 6.67. The molecule has 1 aromatic heterocycles. The van der Waals surface area contributed by atoms with Crippen LogP contribution in [0.25, 0.3) is 0 Å². The van der Waals surface area contributed by atoms with Crippen LogP contribution in [0.2, 0.25) is 5.15 Å². The summed E-state index contributed by atoms with van der Waals surface area (Å²) in [6.45, 7) is 4.54. The second-order valence-corrected chi connectivity index (χ2v) is 6.63. The van der Waals surface area contributed by atoms with E-state index in [2.05, 4.69) is 15.2 Å². The van der Waals surface area contributed by atoms with E-state index >= 15 is 0 Å². The van der Waals surface area contributed by atoms with Crippen molar-refractivity contribution in [3.05, 3.63) is 58.4 Å². The van der Waals surface area contributed by atoms with Gasteiger partial charge in [0.05, 0.1) is 11.4 Å². The largest absolute Gasteiger partial charge is 0.322 e. The number of carbonyl (C=O) groups excluding carboxylic acids is 1. The first kappa shape index (κ1) is 18.5. The Labute approximate surface area is 155 Å². The molecule has 1 saturated heterocycles. The zero-order chi connectivity index (χ0) is 18.7. The van der Waals surface area contributed by atoms with Crippen LogP contribution in [0, 0.1) is 18.6 Å². The third-order valence-electron chi connectivity index (χ3n) is 4.28. The highest BCUT2D eigenvalue weighted by Gasteiger charge is 2.22. The number of nitrogens with one attached hydrogen (secondary N) is 1. The average molecular weight is 381 g/mol. The maximum absolute atomic E-state index is 13.3. The van der Waals surface area contributed by atoms with E-state index in [1.807, 2.05) is 0 Å². The maximum atomic E-state index is 13.3. The fourth-order valence-corrected chi connectivity index (χ4v) is 3.12. The SMILES string of the molecule is Cc1nc(Cl)ccc1NC(=O)N1CCN(Cc2cc(F)cc(F)c2)CC1. The summed E-state index contributed by atoms with van der Waals surface area (Å²) in [5, 5.41) is 3.21. The Hall–Kier alpha value is -2.25. The standard InChI is InChI=1S/C18H19ClF2N4O/c1-12-16(2-3-17(19)22-12)23-18(26)25-6-4-24(5-7-25)11-13-8-14(20)10-15(21)9-13/h2-3,8-10H,4-7,11H2,1H3,(H,23,26). The Balaban J connectivity index is 1.53. The van der Waals surface area contributed by atoms with Crippen molar-refractivity contribution in [2.75, 3.05) is 31.5 Å². The van der Waals surface area contributed by atoms with Crippen LogP contribution < -0.4 is 5.32 Å². The molecule has 5 nitrogen and oxygen atoms in total. The molecule has 3 rings (SSSR count). The van der Waals surface area contributed by atoms with Crippen LogP contribution in [0.3, 0.4) is 0 Å². The minimum absolute atomic E-state index is 0.200. The summed E-state index contributed by atoms with van der Waals surface area (Å²) >= 11 is 5.82. The summed E-state index contributed by atoms with van der Waals surface area (Å²) in [7, 11) is 0. The summed E-state index contributed by atoms with van der Waals surface area (Å²) in [5.41, 5.74) is 1.86. The van der Waals surface area contributed by atoms with Gasteiger partial charge in [-0.3, -0.25) is 4.90 Å². The number of urea groups is 1. The van der Waals surface area contributed by atoms with Crippen LogP contribution in [-0.2, 0) is 6.54 Å². The Morgan fingerprint density at radius 1 is 1.15 bits per heavy atom. The molecule has 0 unspecified atom stereocenters. The minimum atomic E-state index is -0.579.